The quantitative estimate of drug-likeness (QED) is 0.0417. The van der Waals surface area contributed by atoms with Gasteiger partial charge in [0.1, 0.15) is 0 Å². The molecule has 0 radical (unpaired) electrons. The standard InChI is InChI=1S/C77H153NO5/c1-3-5-7-9-11-13-15-17-19-20-21-22-23-26-29-32-35-38-42-45-49-53-57-61-65-69-75(80)74(73-79)78-76(81)70-66-62-58-54-50-46-43-39-36-33-30-27-24-25-28-31-34-37-40-44-48-52-56-60-64-68-72-83-77(82)71-67-63-59-55-51-47-41-18-16-14-12-10-8-6-4-2/h74-75,79-80H,3-73H2,1-2H3,(H,78,81). The summed E-state index contributed by atoms with van der Waals surface area (Å²) in [6.07, 6.45) is 90.4. The summed E-state index contributed by atoms with van der Waals surface area (Å²) in [7, 11) is 0. The molecule has 0 aliphatic rings. The summed E-state index contributed by atoms with van der Waals surface area (Å²) < 4.78 is 5.51. The Bertz CT molecular complexity index is 1210. The first-order valence-electron chi connectivity index (χ1n) is 38.8. The second-order valence-electron chi connectivity index (χ2n) is 27.1. The number of rotatable bonds is 74. The summed E-state index contributed by atoms with van der Waals surface area (Å²) in [5.41, 5.74) is 0. The fourth-order valence-electron chi connectivity index (χ4n) is 12.8. The van der Waals surface area contributed by atoms with Crippen molar-refractivity contribution in [2.45, 2.75) is 469 Å². The minimum atomic E-state index is -0.663. The van der Waals surface area contributed by atoms with Gasteiger partial charge in [0.25, 0.3) is 0 Å². The minimum absolute atomic E-state index is 0.0219. The zero-order valence-corrected chi connectivity index (χ0v) is 57.0. The Labute approximate surface area is 521 Å². The predicted molar refractivity (Wildman–Crippen MR) is 366 cm³/mol. The van der Waals surface area contributed by atoms with Crippen LogP contribution in [0.2, 0.25) is 0 Å². The average Bonchev–Trinajstić information content (AvgIpc) is 3.49. The molecule has 83 heavy (non-hydrogen) atoms. The number of nitrogens with one attached hydrogen (secondary N) is 1. The highest BCUT2D eigenvalue weighted by molar-refractivity contribution is 5.76. The van der Waals surface area contributed by atoms with Crippen molar-refractivity contribution >= 4 is 11.9 Å². The van der Waals surface area contributed by atoms with Crippen LogP contribution in [-0.4, -0.2) is 47.4 Å². The van der Waals surface area contributed by atoms with Gasteiger partial charge < -0.3 is 20.3 Å². The number of carbonyl (C=O) groups is 2. The smallest absolute Gasteiger partial charge is 0.305 e. The normalized spacial score (nSPS) is 12.4. The predicted octanol–water partition coefficient (Wildman–Crippen LogP) is 25.3. The third-order valence-corrected chi connectivity index (χ3v) is 18.7. The van der Waals surface area contributed by atoms with Gasteiger partial charge in [-0.1, -0.05) is 418 Å². The number of hydrogen-bond acceptors (Lipinski definition) is 5. The highest BCUT2D eigenvalue weighted by Gasteiger charge is 2.20. The molecule has 0 saturated carbocycles. The van der Waals surface area contributed by atoms with Crippen LogP contribution < -0.4 is 5.32 Å². The summed E-state index contributed by atoms with van der Waals surface area (Å²) in [5, 5.41) is 23.5. The van der Waals surface area contributed by atoms with E-state index in [9.17, 15) is 19.8 Å². The number of esters is 1. The van der Waals surface area contributed by atoms with Crippen LogP contribution in [0.4, 0.5) is 0 Å². The molecule has 0 fully saturated rings. The van der Waals surface area contributed by atoms with Crippen LogP contribution in [0.15, 0.2) is 0 Å². The third-order valence-electron chi connectivity index (χ3n) is 18.7. The topological polar surface area (TPSA) is 95.9 Å². The maximum atomic E-state index is 12.6. The van der Waals surface area contributed by atoms with E-state index in [2.05, 4.69) is 19.2 Å². The largest absolute Gasteiger partial charge is 0.466 e. The molecule has 0 spiro atoms. The van der Waals surface area contributed by atoms with E-state index >= 15 is 0 Å². The molecular formula is C77H153NO5. The van der Waals surface area contributed by atoms with E-state index in [1.54, 1.807) is 0 Å². The van der Waals surface area contributed by atoms with E-state index in [0.717, 1.165) is 38.5 Å². The molecule has 6 nitrogen and oxygen atoms in total. The molecule has 0 rings (SSSR count). The number of hydrogen-bond donors (Lipinski definition) is 3. The van der Waals surface area contributed by atoms with Gasteiger partial charge in [0.15, 0.2) is 0 Å². The number of unbranched alkanes of at least 4 members (excludes halogenated alkanes) is 63. The number of carbonyl (C=O) groups excluding carboxylic acids is 2. The third kappa shape index (κ3) is 69.8. The van der Waals surface area contributed by atoms with E-state index in [1.807, 2.05) is 0 Å². The van der Waals surface area contributed by atoms with Crippen LogP contribution in [-0.2, 0) is 14.3 Å². The van der Waals surface area contributed by atoms with Gasteiger partial charge >= 0.3 is 5.97 Å². The van der Waals surface area contributed by atoms with Crippen LogP contribution in [0, 0.1) is 0 Å². The first-order valence-corrected chi connectivity index (χ1v) is 38.8. The molecule has 0 aromatic carbocycles. The number of amides is 1. The lowest BCUT2D eigenvalue weighted by Crippen LogP contribution is -2.45. The van der Waals surface area contributed by atoms with E-state index in [4.69, 9.17) is 4.74 Å². The Morgan fingerprint density at radius 3 is 0.735 bits per heavy atom. The van der Waals surface area contributed by atoms with Gasteiger partial charge in [-0.2, -0.15) is 0 Å². The molecule has 1 amide bonds. The molecule has 0 bridgehead atoms. The Balaban J connectivity index is 3.34. The van der Waals surface area contributed by atoms with Crippen LogP contribution in [0.1, 0.15) is 457 Å². The minimum Gasteiger partial charge on any atom is -0.466 e. The molecule has 2 unspecified atom stereocenters. The molecule has 2 atom stereocenters. The van der Waals surface area contributed by atoms with Crippen molar-refractivity contribution < 1.29 is 24.5 Å². The van der Waals surface area contributed by atoms with Crippen molar-refractivity contribution in [2.24, 2.45) is 0 Å². The van der Waals surface area contributed by atoms with Crippen molar-refractivity contribution in [2.75, 3.05) is 13.2 Å². The molecule has 3 N–H and O–H groups in total. The van der Waals surface area contributed by atoms with E-state index in [1.165, 1.54) is 385 Å². The SMILES string of the molecule is CCCCCCCCCCCCCCCCCCCCCCCCCCCC(O)C(CO)NC(=O)CCCCCCCCCCCCCCCCCCCCCCCCCCCCOC(=O)CCCCCCCCCCCCCCCCC. The zero-order chi connectivity index (χ0) is 59.9. The molecule has 0 aromatic rings. The lowest BCUT2D eigenvalue weighted by atomic mass is 10.0. The van der Waals surface area contributed by atoms with Crippen molar-refractivity contribution in [1.82, 2.24) is 5.32 Å². The van der Waals surface area contributed by atoms with Gasteiger partial charge in [0.2, 0.25) is 5.91 Å². The highest BCUT2D eigenvalue weighted by atomic mass is 16.5. The Kier molecular flexibility index (Phi) is 72.3. The van der Waals surface area contributed by atoms with E-state index in [-0.39, 0.29) is 18.5 Å². The van der Waals surface area contributed by atoms with Crippen LogP contribution in [0.25, 0.3) is 0 Å². The second-order valence-corrected chi connectivity index (χ2v) is 27.1. The summed E-state index contributed by atoms with van der Waals surface area (Å²) in [4.78, 5) is 24.7. The molecule has 0 saturated heterocycles. The molecule has 496 valence electrons. The number of aliphatic hydroxyl groups excluding tert-OH is 2. The van der Waals surface area contributed by atoms with Crippen LogP contribution in [0.3, 0.4) is 0 Å². The average molecular weight is 1170 g/mol. The van der Waals surface area contributed by atoms with E-state index < -0.39 is 12.1 Å². The van der Waals surface area contributed by atoms with Crippen LogP contribution in [0.5, 0.6) is 0 Å². The lowest BCUT2D eigenvalue weighted by Gasteiger charge is -2.22. The maximum absolute atomic E-state index is 12.6. The van der Waals surface area contributed by atoms with Gasteiger partial charge in [-0.15, -0.1) is 0 Å². The second kappa shape index (κ2) is 73.3. The fraction of sp³-hybridized carbons (Fsp3) is 0.974. The van der Waals surface area contributed by atoms with E-state index in [0.29, 0.717) is 25.9 Å². The highest BCUT2D eigenvalue weighted by Crippen LogP contribution is 2.20. The van der Waals surface area contributed by atoms with Crippen molar-refractivity contribution in [3.63, 3.8) is 0 Å². The zero-order valence-electron chi connectivity index (χ0n) is 57.0. The monoisotopic (exact) mass is 1170 g/mol. The van der Waals surface area contributed by atoms with Gasteiger partial charge in [0, 0.05) is 12.8 Å². The Morgan fingerprint density at radius 1 is 0.289 bits per heavy atom. The van der Waals surface area contributed by atoms with Crippen molar-refractivity contribution in [1.29, 1.82) is 0 Å². The van der Waals surface area contributed by atoms with Crippen LogP contribution >= 0.6 is 0 Å². The molecule has 0 aliphatic carbocycles. The molecule has 0 aromatic heterocycles. The Morgan fingerprint density at radius 2 is 0.494 bits per heavy atom. The Hall–Kier alpha value is -1.14. The lowest BCUT2D eigenvalue weighted by molar-refractivity contribution is -0.143. The van der Waals surface area contributed by atoms with Gasteiger partial charge in [-0.25, -0.2) is 0 Å². The number of ether oxygens (including phenoxy) is 1. The first kappa shape index (κ1) is 81.9. The summed E-state index contributed by atoms with van der Waals surface area (Å²) in [6.45, 7) is 5.02. The first-order chi connectivity index (χ1) is 41.0. The van der Waals surface area contributed by atoms with Crippen molar-refractivity contribution in [3.05, 3.63) is 0 Å². The van der Waals surface area contributed by atoms with Gasteiger partial charge in [0.05, 0.1) is 25.4 Å². The summed E-state index contributed by atoms with van der Waals surface area (Å²) in [6, 6.07) is -0.540. The maximum Gasteiger partial charge on any atom is 0.305 e. The van der Waals surface area contributed by atoms with Gasteiger partial charge in [-0.3, -0.25) is 9.59 Å². The molecule has 6 heteroatoms. The summed E-state index contributed by atoms with van der Waals surface area (Å²) in [5.74, 6) is -0.00415. The van der Waals surface area contributed by atoms with Crippen molar-refractivity contribution in [3.8, 4) is 0 Å². The fourth-order valence-corrected chi connectivity index (χ4v) is 12.8. The summed E-state index contributed by atoms with van der Waals surface area (Å²) >= 11 is 0. The molecule has 0 heterocycles. The number of aliphatic hydroxyl groups is 2. The molecular weight excluding hydrogens is 1020 g/mol. The molecule has 0 aliphatic heterocycles. The van der Waals surface area contributed by atoms with Gasteiger partial charge in [-0.05, 0) is 25.7 Å².